The molecular formula is C13H19N3O3. The number of nitrogens with one attached hydrogen (secondary N) is 2. The summed E-state index contributed by atoms with van der Waals surface area (Å²) in [7, 11) is 1.74. The first-order valence-corrected chi connectivity index (χ1v) is 5.87. The van der Waals surface area contributed by atoms with Crippen molar-refractivity contribution in [1.29, 1.82) is 0 Å². The van der Waals surface area contributed by atoms with Crippen molar-refractivity contribution in [3.05, 3.63) is 23.8 Å². The van der Waals surface area contributed by atoms with Crippen molar-refractivity contribution >= 4 is 23.3 Å². The van der Waals surface area contributed by atoms with Crippen LogP contribution in [-0.4, -0.2) is 29.6 Å². The number of anilines is 2. The molecule has 104 valence electrons. The van der Waals surface area contributed by atoms with Crippen molar-refractivity contribution in [3.63, 3.8) is 0 Å². The second-order valence-electron chi connectivity index (χ2n) is 4.67. The largest absolute Gasteiger partial charge is 0.480 e. The van der Waals surface area contributed by atoms with Crippen molar-refractivity contribution in [2.75, 3.05) is 18.1 Å². The molecule has 1 amide bonds. The third-order valence-electron chi connectivity index (χ3n) is 2.87. The number of amides is 1. The standard InChI is InChI=1S/C13H19N3O3/c1-8(17)16-13(2,12(18)19)7-9-4-5-10(14)11(6-9)15-3/h4-6,15H,7,14H2,1-3H3,(H,16,17)(H,18,19). The Balaban J connectivity index is 3.03. The molecular weight excluding hydrogens is 246 g/mol. The fourth-order valence-electron chi connectivity index (χ4n) is 1.90. The number of carboxylic acids is 1. The zero-order chi connectivity index (χ0) is 14.6. The van der Waals surface area contributed by atoms with Gasteiger partial charge in [0.05, 0.1) is 11.4 Å². The number of carbonyl (C=O) groups is 2. The molecule has 1 atom stereocenters. The van der Waals surface area contributed by atoms with Gasteiger partial charge in [0.15, 0.2) is 0 Å². The Labute approximate surface area is 112 Å². The highest BCUT2D eigenvalue weighted by atomic mass is 16.4. The summed E-state index contributed by atoms with van der Waals surface area (Å²) in [5.74, 6) is -1.46. The van der Waals surface area contributed by atoms with Crippen molar-refractivity contribution in [2.24, 2.45) is 0 Å². The molecule has 0 fully saturated rings. The SMILES string of the molecule is CNc1cc(CC(C)(NC(C)=O)C(=O)O)ccc1N. The number of benzene rings is 1. The first-order valence-electron chi connectivity index (χ1n) is 5.87. The van der Waals surface area contributed by atoms with E-state index in [1.807, 2.05) is 0 Å². The van der Waals surface area contributed by atoms with Gasteiger partial charge in [0.25, 0.3) is 0 Å². The highest BCUT2D eigenvalue weighted by molar-refractivity contribution is 5.86. The average molecular weight is 265 g/mol. The van der Waals surface area contributed by atoms with Crippen LogP contribution in [0.25, 0.3) is 0 Å². The van der Waals surface area contributed by atoms with Crippen molar-refractivity contribution in [1.82, 2.24) is 5.32 Å². The fraction of sp³-hybridized carbons (Fsp3) is 0.385. The molecule has 6 nitrogen and oxygen atoms in total. The Bertz CT molecular complexity index is 502. The summed E-state index contributed by atoms with van der Waals surface area (Å²) < 4.78 is 0. The average Bonchev–Trinajstić information content (AvgIpc) is 2.30. The van der Waals surface area contributed by atoms with E-state index >= 15 is 0 Å². The Kier molecular flexibility index (Phi) is 4.37. The highest BCUT2D eigenvalue weighted by Gasteiger charge is 2.34. The minimum atomic E-state index is -1.34. The Hall–Kier alpha value is -2.24. The van der Waals surface area contributed by atoms with Crippen LogP contribution in [0.1, 0.15) is 19.4 Å². The van der Waals surface area contributed by atoms with E-state index < -0.39 is 11.5 Å². The Morgan fingerprint density at radius 1 is 1.42 bits per heavy atom. The van der Waals surface area contributed by atoms with E-state index in [0.29, 0.717) is 5.69 Å². The first kappa shape index (κ1) is 14.8. The summed E-state index contributed by atoms with van der Waals surface area (Å²) in [6.45, 7) is 2.77. The number of rotatable bonds is 5. The Morgan fingerprint density at radius 2 is 2.05 bits per heavy atom. The molecule has 6 heteroatoms. The summed E-state index contributed by atoms with van der Waals surface area (Å²) in [4.78, 5) is 22.5. The van der Waals surface area contributed by atoms with Crippen molar-refractivity contribution in [2.45, 2.75) is 25.8 Å². The molecule has 0 saturated carbocycles. The number of nitrogen functional groups attached to an aromatic ring is 1. The summed E-state index contributed by atoms with van der Waals surface area (Å²) >= 11 is 0. The number of carbonyl (C=O) groups excluding carboxylic acids is 1. The lowest BCUT2D eigenvalue weighted by molar-refractivity contribution is -0.146. The molecule has 0 heterocycles. The lowest BCUT2D eigenvalue weighted by Crippen LogP contribution is -2.53. The molecule has 1 aromatic carbocycles. The van der Waals surface area contributed by atoms with Gasteiger partial charge in [-0.3, -0.25) is 4.79 Å². The van der Waals surface area contributed by atoms with Gasteiger partial charge < -0.3 is 21.5 Å². The van der Waals surface area contributed by atoms with Crippen LogP contribution in [0, 0.1) is 0 Å². The topological polar surface area (TPSA) is 104 Å². The molecule has 1 unspecified atom stereocenters. The van der Waals surface area contributed by atoms with Gasteiger partial charge in [-0.25, -0.2) is 4.79 Å². The maximum Gasteiger partial charge on any atom is 0.329 e. The zero-order valence-corrected chi connectivity index (χ0v) is 11.3. The summed E-state index contributed by atoms with van der Waals surface area (Å²) in [6, 6.07) is 5.23. The minimum Gasteiger partial charge on any atom is -0.480 e. The molecule has 1 rings (SSSR count). The Morgan fingerprint density at radius 3 is 2.53 bits per heavy atom. The molecule has 19 heavy (non-hydrogen) atoms. The molecule has 0 aliphatic heterocycles. The molecule has 0 spiro atoms. The lowest BCUT2D eigenvalue weighted by Gasteiger charge is -2.26. The van der Waals surface area contributed by atoms with E-state index in [9.17, 15) is 14.7 Å². The van der Waals surface area contributed by atoms with Crippen LogP contribution in [0.4, 0.5) is 11.4 Å². The maximum absolute atomic E-state index is 11.3. The van der Waals surface area contributed by atoms with E-state index in [2.05, 4.69) is 10.6 Å². The van der Waals surface area contributed by atoms with Crippen LogP contribution in [0.3, 0.4) is 0 Å². The maximum atomic E-state index is 11.3. The van der Waals surface area contributed by atoms with Crippen LogP contribution >= 0.6 is 0 Å². The molecule has 0 aromatic heterocycles. The molecule has 5 N–H and O–H groups in total. The van der Waals surface area contributed by atoms with Crippen LogP contribution < -0.4 is 16.4 Å². The predicted octanol–water partition coefficient (Wildman–Crippen LogP) is 0.832. The summed E-state index contributed by atoms with van der Waals surface area (Å²) in [5, 5.41) is 14.7. The van der Waals surface area contributed by atoms with Crippen LogP contribution in [-0.2, 0) is 16.0 Å². The van der Waals surface area contributed by atoms with Crippen molar-refractivity contribution in [3.8, 4) is 0 Å². The van der Waals surface area contributed by atoms with E-state index in [1.54, 1.807) is 25.2 Å². The number of hydrogen-bond acceptors (Lipinski definition) is 4. The van der Waals surface area contributed by atoms with E-state index in [-0.39, 0.29) is 12.3 Å². The van der Waals surface area contributed by atoms with Crippen LogP contribution in [0.5, 0.6) is 0 Å². The number of hydrogen-bond donors (Lipinski definition) is 4. The third-order valence-corrected chi connectivity index (χ3v) is 2.87. The number of carboxylic acid groups (broad SMARTS) is 1. The second-order valence-corrected chi connectivity index (χ2v) is 4.67. The monoisotopic (exact) mass is 265 g/mol. The fourth-order valence-corrected chi connectivity index (χ4v) is 1.90. The normalized spacial score (nSPS) is 13.4. The van der Waals surface area contributed by atoms with Gasteiger partial charge in [-0.05, 0) is 24.6 Å². The molecule has 0 aliphatic carbocycles. The van der Waals surface area contributed by atoms with E-state index in [4.69, 9.17) is 5.73 Å². The highest BCUT2D eigenvalue weighted by Crippen LogP contribution is 2.22. The molecule has 0 radical (unpaired) electrons. The van der Waals surface area contributed by atoms with Gasteiger partial charge in [0, 0.05) is 20.4 Å². The predicted molar refractivity (Wildman–Crippen MR) is 74.0 cm³/mol. The molecule has 1 aromatic rings. The second kappa shape index (κ2) is 5.60. The molecule has 0 saturated heterocycles. The lowest BCUT2D eigenvalue weighted by atomic mass is 9.92. The van der Waals surface area contributed by atoms with Gasteiger partial charge in [-0.1, -0.05) is 6.07 Å². The smallest absolute Gasteiger partial charge is 0.329 e. The quantitative estimate of drug-likeness (QED) is 0.590. The van der Waals surface area contributed by atoms with Gasteiger partial charge in [-0.15, -0.1) is 0 Å². The minimum absolute atomic E-state index is 0.177. The summed E-state index contributed by atoms with van der Waals surface area (Å²) in [5.41, 5.74) is 6.51. The van der Waals surface area contributed by atoms with Gasteiger partial charge in [0.1, 0.15) is 5.54 Å². The van der Waals surface area contributed by atoms with E-state index in [0.717, 1.165) is 11.3 Å². The van der Waals surface area contributed by atoms with Gasteiger partial charge in [0.2, 0.25) is 5.91 Å². The van der Waals surface area contributed by atoms with Crippen LogP contribution in [0.15, 0.2) is 18.2 Å². The first-order chi connectivity index (χ1) is 8.78. The van der Waals surface area contributed by atoms with Crippen LogP contribution in [0.2, 0.25) is 0 Å². The summed E-state index contributed by atoms with van der Waals surface area (Å²) in [6.07, 6.45) is 0.177. The van der Waals surface area contributed by atoms with Gasteiger partial charge in [-0.2, -0.15) is 0 Å². The zero-order valence-electron chi connectivity index (χ0n) is 11.3. The van der Waals surface area contributed by atoms with E-state index in [1.165, 1.54) is 13.8 Å². The molecule has 0 aliphatic rings. The number of nitrogens with two attached hydrogens (primary N) is 1. The number of aliphatic carboxylic acids is 1. The van der Waals surface area contributed by atoms with Gasteiger partial charge >= 0.3 is 5.97 Å². The third kappa shape index (κ3) is 3.61. The molecule has 0 bridgehead atoms. The van der Waals surface area contributed by atoms with Crippen molar-refractivity contribution < 1.29 is 14.7 Å².